The highest BCUT2D eigenvalue weighted by molar-refractivity contribution is 5.74. The third kappa shape index (κ3) is 4.37. The van der Waals surface area contributed by atoms with E-state index in [4.69, 9.17) is 4.74 Å². The van der Waals surface area contributed by atoms with Gasteiger partial charge in [-0.15, -0.1) is 0 Å². The molecular weight excluding hydrogens is 318 g/mol. The van der Waals surface area contributed by atoms with Crippen LogP contribution >= 0.6 is 0 Å². The zero-order valence-electron chi connectivity index (χ0n) is 14.4. The van der Waals surface area contributed by atoms with E-state index in [1.165, 1.54) is 0 Å². The maximum Gasteiger partial charge on any atom is 0.317 e. The Morgan fingerprint density at radius 2 is 1.84 bits per heavy atom. The van der Waals surface area contributed by atoms with E-state index in [1.807, 2.05) is 29.2 Å². The van der Waals surface area contributed by atoms with Crippen LogP contribution in [0.5, 0.6) is 5.75 Å². The van der Waals surface area contributed by atoms with Crippen molar-refractivity contribution in [1.29, 1.82) is 0 Å². The van der Waals surface area contributed by atoms with Crippen molar-refractivity contribution in [3.8, 4) is 5.75 Å². The summed E-state index contributed by atoms with van der Waals surface area (Å²) in [6, 6.07) is 9.64. The number of aromatic nitrogens is 2. The highest BCUT2D eigenvalue weighted by Gasteiger charge is 2.22. The first-order chi connectivity index (χ1) is 12.3. The predicted octanol–water partition coefficient (Wildman–Crippen LogP) is 1.56. The average molecular weight is 341 g/mol. The van der Waals surface area contributed by atoms with Crippen LogP contribution in [0.2, 0.25) is 0 Å². The van der Waals surface area contributed by atoms with Crippen LogP contribution in [0.25, 0.3) is 0 Å². The molecule has 2 aromatic rings. The van der Waals surface area contributed by atoms with Gasteiger partial charge in [0.25, 0.3) is 0 Å². The lowest BCUT2D eigenvalue weighted by Gasteiger charge is -2.34. The summed E-state index contributed by atoms with van der Waals surface area (Å²) in [5, 5.41) is 2.99. The quantitative estimate of drug-likeness (QED) is 0.894. The van der Waals surface area contributed by atoms with Gasteiger partial charge in [0.05, 0.1) is 7.11 Å². The number of piperazine rings is 1. The van der Waals surface area contributed by atoms with Gasteiger partial charge in [0.2, 0.25) is 5.95 Å². The Bertz CT molecular complexity index is 687. The second-order valence-electron chi connectivity index (χ2n) is 5.82. The van der Waals surface area contributed by atoms with Gasteiger partial charge in [-0.2, -0.15) is 0 Å². The van der Waals surface area contributed by atoms with Crippen LogP contribution in [0.3, 0.4) is 0 Å². The van der Waals surface area contributed by atoms with Crippen LogP contribution in [0.15, 0.2) is 42.7 Å². The molecule has 25 heavy (non-hydrogen) atoms. The number of para-hydroxylation sites is 1. The van der Waals surface area contributed by atoms with Gasteiger partial charge < -0.3 is 19.9 Å². The van der Waals surface area contributed by atoms with Crippen LogP contribution < -0.4 is 15.0 Å². The van der Waals surface area contributed by atoms with Crippen LogP contribution in [0, 0.1) is 0 Å². The van der Waals surface area contributed by atoms with Crippen molar-refractivity contribution in [2.45, 2.75) is 6.42 Å². The number of methoxy groups -OCH3 is 1. The van der Waals surface area contributed by atoms with Crippen LogP contribution in [0.1, 0.15) is 5.56 Å². The molecule has 0 saturated carbocycles. The first-order valence-corrected chi connectivity index (χ1v) is 8.44. The van der Waals surface area contributed by atoms with Gasteiger partial charge in [-0.25, -0.2) is 14.8 Å². The first kappa shape index (κ1) is 17.0. The molecule has 1 fully saturated rings. The van der Waals surface area contributed by atoms with Gasteiger partial charge in [-0.05, 0) is 24.1 Å². The van der Waals surface area contributed by atoms with E-state index in [0.29, 0.717) is 19.6 Å². The van der Waals surface area contributed by atoms with Gasteiger partial charge in [0.1, 0.15) is 5.75 Å². The Balaban J connectivity index is 1.44. The summed E-state index contributed by atoms with van der Waals surface area (Å²) in [6.07, 6.45) is 4.21. The molecular formula is C18H23N5O2. The number of carbonyl (C=O) groups excluding carboxylic acids is 1. The Morgan fingerprint density at radius 1 is 1.12 bits per heavy atom. The summed E-state index contributed by atoms with van der Waals surface area (Å²) in [7, 11) is 1.66. The fraction of sp³-hybridized carbons (Fsp3) is 0.389. The van der Waals surface area contributed by atoms with E-state index >= 15 is 0 Å². The van der Waals surface area contributed by atoms with E-state index in [1.54, 1.807) is 25.6 Å². The highest BCUT2D eigenvalue weighted by Crippen LogP contribution is 2.17. The van der Waals surface area contributed by atoms with Crippen LogP contribution in [-0.2, 0) is 6.42 Å². The molecule has 7 heteroatoms. The van der Waals surface area contributed by atoms with Gasteiger partial charge in [0, 0.05) is 45.1 Å². The third-order valence-electron chi connectivity index (χ3n) is 4.26. The zero-order valence-corrected chi connectivity index (χ0v) is 14.4. The van der Waals surface area contributed by atoms with Crippen molar-refractivity contribution < 1.29 is 9.53 Å². The molecule has 0 radical (unpaired) electrons. The molecule has 0 unspecified atom stereocenters. The molecule has 0 bridgehead atoms. The normalized spacial score (nSPS) is 14.3. The fourth-order valence-electron chi connectivity index (χ4n) is 2.89. The largest absolute Gasteiger partial charge is 0.496 e. The molecule has 1 saturated heterocycles. The lowest BCUT2D eigenvalue weighted by molar-refractivity contribution is 0.194. The fourth-order valence-corrected chi connectivity index (χ4v) is 2.89. The summed E-state index contributed by atoms with van der Waals surface area (Å²) >= 11 is 0. The lowest BCUT2D eigenvalue weighted by atomic mass is 10.1. The van der Waals surface area contributed by atoms with Gasteiger partial charge in [-0.1, -0.05) is 18.2 Å². The van der Waals surface area contributed by atoms with Crippen molar-refractivity contribution in [2.75, 3.05) is 44.7 Å². The Kier molecular flexibility index (Phi) is 5.66. The molecule has 1 N–H and O–H groups in total. The van der Waals surface area contributed by atoms with E-state index < -0.39 is 0 Å². The molecule has 1 aliphatic rings. The Hall–Kier alpha value is -2.83. The van der Waals surface area contributed by atoms with Gasteiger partial charge in [0.15, 0.2) is 0 Å². The molecule has 1 aliphatic heterocycles. The maximum atomic E-state index is 12.3. The van der Waals surface area contributed by atoms with Crippen LogP contribution in [-0.4, -0.2) is 60.7 Å². The van der Waals surface area contributed by atoms with E-state index in [9.17, 15) is 4.79 Å². The number of anilines is 1. The zero-order chi connectivity index (χ0) is 17.5. The standard InChI is InChI=1S/C18H23N5O2/c1-25-16-6-3-2-5-15(16)7-10-21-18(24)23-13-11-22(12-14-23)17-19-8-4-9-20-17/h2-6,8-9H,7,10-14H2,1H3,(H,21,24). The summed E-state index contributed by atoms with van der Waals surface area (Å²) in [4.78, 5) is 24.8. The van der Waals surface area contributed by atoms with E-state index in [-0.39, 0.29) is 6.03 Å². The molecule has 7 nitrogen and oxygen atoms in total. The predicted molar refractivity (Wildman–Crippen MR) is 95.9 cm³/mol. The molecule has 2 amide bonds. The molecule has 0 atom stereocenters. The molecule has 0 aliphatic carbocycles. The van der Waals surface area contributed by atoms with E-state index in [0.717, 1.165) is 36.8 Å². The van der Waals surface area contributed by atoms with Crippen molar-refractivity contribution in [2.24, 2.45) is 0 Å². The molecule has 2 heterocycles. The number of amides is 2. The highest BCUT2D eigenvalue weighted by atomic mass is 16.5. The topological polar surface area (TPSA) is 70.6 Å². The minimum absolute atomic E-state index is 0.0245. The van der Waals surface area contributed by atoms with Crippen molar-refractivity contribution in [3.63, 3.8) is 0 Å². The van der Waals surface area contributed by atoms with Crippen molar-refractivity contribution in [3.05, 3.63) is 48.3 Å². The first-order valence-electron chi connectivity index (χ1n) is 8.44. The van der Waals surface area contributed by atoms with E-state index in [2.05, 4.69) is 20.2 Å². The number of rotatable bonds is 5. The lowest BCUT2D eigenvalue weighted by Crippen LogP contribution is -2.52. The number of nitrogens with one attached hydrogen (secondary N) is 1. The molecule has 1 aromatic carbocycles. The molecule has 3 rings (SSSR count). The minimum Gasteiger partial charge on any atom is -0.496 e. The Labute approximate surface area is 147 Å². The molecule has 0 spiro atoms. The summed E-state index contributed by atoms with van der Waals surface area (Å²) < 4.78 is 5.33. The number of urea groups is 1. The van der Waals surface area contributed by atoms with Gasteiger partial charge >= 0.3 is 6.03 Å². The number of carbonyl (C=O) groups is 1. The van der Waals surface area contributed by atoms with Gasteiger partial charge in [-0.3, -0.25) is 0 Å². The summed E-state index contributed by atoms with van der Waals surface area (Å²) in [5.41, 5.74) is 1.09. The van der Waals surface area contributed by atoms with Crippen molar-refractivity contribution in [1.82, 2.24) is 20.2 Å². The SMILES string of the molecule is COc1ccccc1CCNC(=O)N1CCN(c2ncccn2)CC1. The smallest absolute Gasteiger partial charge is 0.317 e. The number of hydrogen-bond donors (Lipinski definition) is 1. The molecule has 132 valence electrons. The average Bonchev–Trinajstić information content (AvgIpc) is 2.69. The Morgan fingerprint density at radius 3 is 2.56 bits per heavy atom. The summed E-state index contributed by atoms with van der Waals surface area (Å²) in [5.74, 6) is 1.58. The minimum atomic E-state index is -0.0245. The number of nitrogens with zero attached hydrogens (tertiary/aromatic N) is 4. The number of hydrogen-bond acceptors (Lipinski definition) is 5. The number of benzene rings is 1. The third-order valence-corrected chi connectivity index (χ3v) is 4.26. The summed E-state index contributed by atoms with van der Waals surface area (Å²) in [6.45, 7) is 3.40. The van der Waals surface area contributed by atoms with Crippen molar-refractivity contribution >= 4 is 12.0 Å². The molecule has 1 aromatic heterocycles. The second kappa shape index (κ2) is 8.32. The number of ether oxygens (including phenoxy) is 1. The monoisotopic (exact) mass is 341 g/mol. The maximum absolute atomic E-state index is 12.3. The second-order valence-corrected chi connectivity index (χ2v) is 5.82. The van der Waals surface area contributed by atoms with Crippen LogP contribution in [0.4, 0.5) is 10.7 Å².